The number of pyridine rings is 1. The van der Waals surface area contributed by atoms with Gasteiger partial charge in [0, 0.05) is 36.4 Å². The van der Waals surface area contributed by atoms with E-state index >= 15 is 0 Å². The number of nitrogens with one attached hydrogen (secondary N) is 1. The summed E-state index contributed by atoms with van der Waals surface area (Å²) in [5, 5.41) is 3.52. The molecule has 1 N–H and O–H groups in total. The number of benzene rings is 1. The SMILES string of the molecule is C=C(C)C(=O)Oc1ccc(CCCNc2cc[n+](CCCCCCCCCCCCCCCC)cc2)cc1. The van der Waals surface area contributed by atoms with Crippen molar-refractivity contribution >= 4 is 11.7 Å². The molecule has 0 aliphatic rings. The number of carbonyl (C=O) groups is 1. The van der Waals surface area contributed by atoms with Crippen molar-refractivity contribution in [1.29, 1.82) is 0 Å². The lowest BCUT2D eigenvalue weighted by Crippen LogP contribution is -2.32. The highest BCUT2D eigenvalue weighted by Gasteiger charge is 2.05. The van der Waals surface area contributed by atoms with Crippen LogP contribution in [0.1, 0.15) is 116 Å². The summed E-state index contributed by atoms with van der Waals surface area (Å²) in [7, 11) is 0. The molecule has 1 aromatic heterocycles. The van der Waals surface area contributed by atoms with Gasteiger partial charge in [-0.2, -0.15) is 0 Å². The first kappa shape index (κ1) is 31.6. The normalized spacial score (nSPS) is 10.9. The van der Waals surface area contributed by atoms with Crippen LogP contribution in [-0.4, -0.2) is 12.5 Å². The predicted octanol–water partition coefficient (Wildman–Crippen LogP) is 8.98. The fourth-order valence-electron chi connectivity index (χ4n) is 4.66. The van der Waals surface area contributed by atoms with Crippen molar-refractivity contribution in [3.8, 4) is 5.75 Å². The van der Waals surface area contributed by atoms with Gasteiger partial charge in [0.1, 0.15) is 12.3 Å². The number of carbonyl (C=O) groups excluding carboxylic acids is 1. The lowest BCUT2D eigenvalue weighted by molar-refractivity contribution is -0.697. The smallest absolute Gasteiger partial charge is 0.338 e. The Labute approximate surface area is 232 Å². The molecule has 2 rings (SSSR count). The van der Waals surface area contributed by atoms with Gasteiger partial charge in [0.25, 0.3) is 0 Å². The van der Waals surface area contributed by atoms with E-state index < -0.39 is 0 Å². The Bertz CT molecular complexity index is 890. The van der Waals surface area contributed by atoms with Crippen LogP contribution in [0.15, 0.2) is 60.9 Å². The van der Waals surface area contributed by atoms with E-state index in [4.69, 9.17) is 4.74 Å². The molecule has 0 unspecified atom stereocenters. The van der Waals surface area contributed by atoms with Gasteiger partial charge in [-0.25, -0.2) is 9.36 Å². The van der Waals surface area contributed by atoms with Crippen molar-refractivity contribution in [2.75, 3.05) is 11.9 Å². The fraction of sp³-hybridized carbons (Fsp3) is 0.588. The van der Waals surface area contributed by atoms with Crippen LogP contribution in [0.2, 0.25) is 0 Å². The van der Waals surface area contributed by atoms with Gasteiger partial charge < -0.3 is 10.1 Å². The summed E-state index contributed by atoms with van der Waals surface area (Å²) < 4.78 is 7.54. The Kier molecular flexibility index (Phi) is 16.9. The average Bonchev–Trinajstić information content (AvgIpc) is 2.93. The largest absolute Gasteiger partial charge is 0.423 e. The third-order valence-corrected chi connectivity index (χ3v) is 7.11. The lowest BCUT2D eigenvalue weighted by Gasteiger charge is -2.07. The molecule has 210 valence electrons. The van der Waals surface area contributed by atoms with Gasteiger partial charge >= 0.3 is 5.97 Å². The minimum absolute atomic E-state index is 0.384. The summed E-state index contributed by atoms with van der Waals surface area (Å²) in [6.45, 7) is 9.58. The Hall–Kier alpha value is -2.62. The molecular weight excluding hydrogens is 468 g/mol. The molecule has 4 heteroatoms. The third kappa shape index (κ3) is 15.0. The number of unbranched alkanes of at least 4 members (excludes halogenated alkanes) is 13. The Morgan fingerprint density at radius 1 is 0.763 bits per heavy atom. The van der Waals surface area contributed by atoms with Crippen molar-refractivity contribution in [1.82, 2.24) is 0 Å². The van der Waals surface area contributed by atoms with Crippen LogP contribution in [0.4, 0.5) is 5.69 Å². The number of esters is 1. The number of hydrogen-bond donors (Lipinski definition) is 1. The quantitative estimate of drug-likeness (QED) is 0.0552. The molecule has 0 radical (unpaired) electrons. The van der Waals surface area contributed by atoms with E-state index in [-0.39, 0.29) is 5.97 Å². The van der Waals surface area contributed by atoms with Crippen LogP contribution < -0.4 is 14.6 Å². The van der Waals surface area contributed by atoms with Crippen LogP contribution in [0.3, 0.4) is 0 Å². The second kappa shape index (κ2) is 20.4. The monoisotopic (exact) mass is 521 g/mol. The van der Waals surface area contributed by atoms with E-state index in [1.165, 1.54) is 101 Å². The zero-order valence-electron chi connectivity index (χ0n) is 24.3. The Morgan fingerprint density at radius 2 is 1.29 bits per heavy atom. The molecule has 0 amide bonds. The van der Waals surface area contributed by atoms with E-state index in [9.17, 15) is 4.79 Å². The molecule has 0 bridgehead atoms. The number of nitrogens with zero attached hydrogens (tertiary/aromatic N) is 1. The number of anilines is 1. The Morgan fingerprint density at radius 3 is 1.82 bits per heavy atom. The highest BCUT2D eigenvalue weighted by molar-refractivity contribution is 5.88. The van der Waals surface area contributed by atoms with E-state index in [0.29, 0.717) is 11.3 Å². The molecule has 0 saturated carbocycles. The predicted molar refractivity (Wildman–Crippen MR) is 161 cm³/mol. The molecule has 2 aromatic rings. The van der Waals surface area contributed by atoms with Crippen molar-refractivity contribution in [3.63, 3.8) is 0 Å². The summed E-state index contributed by atoms with van der Waals surface area (Å²) in [6.07, 6.45) is 26.0. The van der Waals surface area contributed by atoms with Gasteiger partial charge in [-0.05, 0) is 43.9 Å². The van der Waals surface area contributed by atoms with Crippen LogP contribution in [0.25, 0.3) is 0 Å². The van der Waals surface area contributed by atoms with E-state index in [1.807, 2.05) is 24.3 Å². The number of ether oxygens (including phenoxy) is 1. The van der Waals surface area contributed by atoms with E-state index in [2.05, 4.69) is 47.9 Å². The highest BCUT2D eigenvalue weighted by Crippen LogP contribution is 2.15. The molecular formula is C34H53N2O2+. The third-order valence-electron chi connectivity index (χ3n) is 7.11. The summed E-state index contributed by atoms with van der Waals surface area (Å²) in [4.78, 5) is 11.6. The van der Waals surface area contributed by atoms with Crippen LogP contribution >= 0.6 is 0 Å². The molecule has 0 saturated heterocycles. The number of hydrogen-bond acceptors (Lipinski definition) is 3. The molecule has 1 heterocycles. The summed E-state index contributed by atoms with van der Waals surface area (Å²) >= 11 is 0. The molecule has 0 atom stereocenters. The first-order valence-electron chi connectivity index (χ1n) is 15.3. The standard InChI is InChI=1S/C34H52N2O2/c1-4-5-6-7-8-9-10-11-12-13-14-15-16-17-27-36-28-24-32(25-29-36)35-26-18-19-31-20-22-33(23-21-31)38-34(37)30(2)3/h20-25,28-29H,2,4-19,26-27H2,1,3H3/p+1. The topological polar surface area (TPSA) is 42.2 Å². The Balaban J connectivity index is 1.45. The van der Waals surface area contributed by atoms with Crippen molar-refractivity contribution in [2.45, 2.75) is 123 Å². The summed E-state index contributed by atoms with van der Waals surface area (Å²) in [5.41, 5.74) is 2.81. The average molecular weight is 522 g/mol. The minimum atomic E-state index is -0.384. The maximum atomic E-state index is 11.6. The molecule has 1 aromatic carbocycles. The first-order chi connectivity index (χ1) is 18.6. The maximum Gasteiger partial charge on any atom is 0.338 e. The van der Waals surface area contributed by atoms with Crippen LogP contribution in [0.5, 0.6) is 5.75 Å². The van der Waals surface area contributed by atoms with Crippen molar-refractivity contribution in [2.24, 2.45) is 0 Å². The minimum Gasteiger partial charge on any atom is -0.423 e. The summed E-state index contributed by atoms with van der Waals surface area (Å²) in [5.74, 6) is 0.178. The van der Waals surface area contributed by atoms with Crippen LogP contribution in [0, 0.1) is 0 Å². The summed E-state index contributed by atoms with van der Waals surface area (Å²) in [6, 6.07) is 12.1. The lowest BCUT2D eigenvalue weighted by atomic mass is 10.0. The van der Waals surface area contributed by atoms with Crippen LogP contribution in [-0.2, 0) is 17.8 Å². The number of aromatic nitrogens is 1. The van der Waals surface area contributed by atoms with Crippen molar-refractivity contribution in [3.05, 3.63) is 66.5 Å². The van der Waals surface area contributed by atoms with E-state index in [1.54, 1.807) is 6.92 Å². The number of aryl methyl sites for hydroxylation is 2. The molecule has 0 aliphatic heterocycles. The van der Waals surface area contributed by atoms with Gasteiger partial charge in [-0.1, -0.05) is 103 Å². The fourth-order valence-corrected chi connectivity index (χ4v) is 4.66. The van der Waals surface area contributed by atoms with Gasteiger partial charge in [-0.15, -0.1) is 0 Å². The van der Waals surface area contributed by atoms with Gasteiger partial charge in [-0.3, -0.25) is 0 Å². The maximum absolute atomic E-state index is 11.6. The van der Waals surface area contributed by atoms with Gasteiger partial charge in [0.2, 0.25) is 0 Å². The van der Waals surface area contributed by atoms with Gasteiger partial charge in [0.15, 0.2) is 12.4 Å². The molecule has 4 nitrogen and oxygen atoms in total. The second-order valence-corrected chi connectivity index (χ2v) is 10.8. The highest BCUT2D eigenvalue weighted by atomic mass is 16.5. The van der Waals surface area contributed by atoms with Gasteiger partial charge in [0.05, 0.1) is 0 Å². The molecule has 38 heavy (non-hydrogen) atoms. The zero-order chi connectivity index (χ0) is 27.3. The zero-order valence-corrected chi connectivity index (χ0v) is 24.3. The first-order valence-corrected chi connectivity index (χ1v) is 15.3. The molecule has 0 aliphatic carbocycles. The van der Waals surface area contributed by atoms with Crippen molar-refractivity contribution < 1.29 is 14.1 Å². The second-order valence-electron chi connectivity index (χ2n) is 10.8. The number of rotatable bonds is 22. The molecule has 0 fully saturated rings. The molecule has 0 spiro atoms. The van der Waals surface area contributed by atoms with E-state index in [0.717, 1.165) is 25.9 Å².